The molecule has 0 saturated heterocycles. The first-order chi connectivity index (χ1) is 5.57. The van der Waals surface area contributed by atoms with Crippen molar-refractivity contribution < 1.29 is 4.39 Å². The second kappa shape index (κ2) is 5.99. The van der Waals surface area contributed by atoms with Crippen molar-refractivity contribution in [3.8, 4) is 0 Å². The molecule has 12 heavy (non-hydrogen) atoms. The highest BCUT2D eigenvalue weighted by Gasteiger charge is 1.98. The maximum Gasteiger partial charge on any atom is 0.116 e. The van der Waals surface area contributed by atoms with Gasteiger partial charge in [-0.25, -0.2) is 4.39 Å². The molecule has 0 N–H and O–H groups in total. The van der Waals surface area contributed by atoms with E-state index in [1.807, 2.05) is 6.08 Å². The molecular weight excluding hydrogens is 151 g/mol. The fraction of sp³-hybridized carbons (Fsp3) is 0.636. The number of allylic oxidation sites excluding steroid dienone is 4. The van der Waals surface area contributed by atoms with Gasteiger partial charge >= 0.3 is 0 Å². The van der Waals surface area contributed by atoms with Crippen molar-refractivity contribution in [3.63, 3.8) is 0 Å². The van der Waals surface area contributed by atoms with E-state index in [0.29, 0.717) is 5.92 Å². The first kappa shape index (κ1) is 11.4. The lowest BCUT2D eigenvalue weighted by atomic mass is 10.0. The fourth-order valence-electron chi connectivity index (χ4n) is 0.976. The van der Waals surface area contributed by atoms with Crippen LogP contribution < -0.4 is 0 Å². The summed E-state index contributed by atoms with van der Waals surface area (Å²) in [6.45, 7) is 7.87. The Balaban J connectivity index is 4.24. The lowest BCUT2D eigenvalue weighted by molar-refractivity contribution is 0.430. The Morgan fingerprint density at radius 1 is 1.33 bits per heavy atom. The van der Waals surface area contributed by atoms with Gasteiger partial charge < -0.3 is 0 Å². The van der Waals surface area contributed by atoms with Crippen LogP contribution >= 0.6 is 0 Å². The monoisotopic (exact) mass is 170 g/mol. The minimum atomic E-state index is -0.844. The van der Waals surface area contributed by atoms with E-state index in [-0.39, 0.29) is 0 Å². The summed E-state index contributed by atoms with van der Waals surface area (Å²) < 4.78 is 12.5. The first-order valence-electron chi connectivity index (χ1n) is 4.60. The van der Waals surface area contributed by atoms with Gasteiger partial charge in [-0.1, -0.05) is 39.0 Å². The van der Waals surface area contributed by atoms with Crippen LogP contribution in [-0.2, 0) is 0 Å². The fourth-order valence-corrected chi connectivity index (χ4v) is 0.976. The van der Waals surface area contributed by atoms with Crippen LogP contribution in [0.5, 0.6) is 0 Å². The van der Waals surface area contributed by atoms with E-state index >= 15 is 0 Å². The molecule has 0 fully saturated rings. The largest absolute Gasteiger partial charge is 0.243 e. The van der Waals surface area contributed by atoms with Gasteiger partial charge in [0.25, 0.3) is 0 Å². The molecule has 0 aromatic carbocycles. The van der Waals surface area contributed by atoms with Crippen molar-refractivity contribution in [1.82, 2.24) is 0 Å². The molecule has 0 bridgehead atoms. The van der Waals surface area contributed by atoms with Gasteiger partial charge in [-0.3, -0.25) is 0 Å². The first-order valence-corrected chi connectivity index (χ1v) is 4.60. The van der Waals surface area contributed by atoms with Gasteiger partial charge in [0, 0.05) is 0 Å². The average Bonchev–Trinajstić information content (AvgIpc) is 1.96. The van der Waals surface area contributed by atoms with Crippen LogP contribution in [0.25, 0.3) is 0 Å². The summed E-state index contributed by atoms with van der Waals surface area (Å²) in [5, 5.41) is 0. The standard InChI is InChI=1S/C11H19F/c1-5-6-11(9(2)3)8-7-10(4)12/h6-10H,5H2,1-4H3/b8-7-,11-6+. The third kappa shape index (κ3) is 5.11. The highest BCUT2D eigenvalue weighted by molar-refractivity contribution is 5.21. The average molecular weight is 170 g/mol. The molecule has 1 unspecified atom stereocenters. The van der Waals surface area contributed by atoms with Crippen LogP contribution in [0.3, 0.4) is 0 Å². The lowest BCUT2D eigenvalue weighted by Gasteiger charge is -2.05. The van der Waals surface area contributed by atoms with Gasteiger partial charge in [0.15, 0.2) is 0 Å². The molecule has 0 amide bonds. The normalized spacial score (nSPS) is 16.0. The highest BCUT2D eigenvalue weighted by Crippen LogP contribution is 2.12. The van der Waals surface area contributed by atoms with E-state index < -0.39 is 6.17 Å². The lowest BCUT2D eigenvalue weighted by Crippen LogP contribution is -1.92. The Morgan fingerprint density at radius 3 is 2.25 bits per heavy atom. The van der Waals surface area contributed by atoms with Crippen molar-refractivity contribution in [2.24, 2.45) is 5.92 Å². The van der Waals surface area contributed by atoms with Crippen molar-refractivity contribution in [1.29, 1.82) is 0 Å². The summed E-state index contributed by atoms with van der Waals surface area (Å²) in [7, 11) is 0. The second-order valence-corrected chi connectivity index (χ2v) is 3.30. The smallest absolute Gasteiger partial charge is 0.116 e. The van der Waals surface area contributed by atoms with Gasteiger partial charge in [0.05, 0.1) is 0 Å². The maximum absolute atomic E-state index is 12.5. The third-order valence-corrected chi connectivity index (χ3v) is 1.66. The predicted molar refractivity (Wildman–Crippen MR) is 52.9 cm³/mol. The van der Waals surface area contributed by atoms with Crippen LogP contribution in [0.2, 0.25) is 0 Å². The Hall–Kier alpha value is -0.590. The van der Waals surface area contributed by atoms with E-state index in [0.717, 1.165) is 6.42 Å². The molecule has 0 aromatic rings. The molecule has 0 heterocycles. The molecule has 0 aliphatic carbocycles. The zero-order valence-electron chi connectivity index (χ0n) is 8.47. The molecule has 1 heteroatoms. The number of halogens is 1. The summed E-state index contributed by atoms with van der Waals surface area (Å²) in [4.78, 5) is 0. The number of hydrogen-bond donors (Lipinski definition) is 0. The quantitative estimate of drug-likeness (QED) is 0.561. The van der Waals surface area contributed by atoms with E-state index in [2.05, 4.69) is 26.8 Å². The van der Waals surface area contributed by atoms with Gasteiger partial charge in [-0.2, -0.15) is 0 Å². The second-order valence-electron chi connectivity index (χ2n) is 3.30. The number of rotatable bonds is 4. The van der Waals surface area contributed by atoms with Crippen LogP contribution in [0.1, 0.15) is 34.1 Å². The minimum Gasteiger partial charge on any atom is -0.243 e. The Morgan fingerprint density at radius 2 is 1.92 bits per heavy atom. The van der Waals surface area contributed by atoms with E-state index in [4.69, 9.17) is 0 Å². The van der Waals surface area contributed by atoms with E-state index in [1.54, 1.807) is 13.0 Å². The predicted octanol–water partition coefficient (Wildman–Crippen LogP) is 3.89. The highest BCUT2D eigenvalue weighted by atomic mass is 19.1. The van der Waals surface area contributed by atoms with Crippen LogP contribution in [0.4, 0.5) is 4.39 Å². The Bertz CT molecular complexity index is 164. The maximum atomic E-state index is 12.5. The molecule has 0 nitrogen and oxygen atoms in total. The molecule has 0 aliphatic rings. The molecule has 0 aliphatic heterocycles. The zero-order chi connectivity index (χ0) is 9.56. The summed E-state index contributed by atoms with van der Waals surface area (Å²) in [6, 6.07) is 0. The molecule has 1 atom stereocenters. The molecule has 0 aromatic heterocycles. The summed E-state index contributed by atoms with van der Waals surface area (Å²) in [6.07, 6.45) is 5.80. The summed E-state index contributed by atoms with van der Waals surface area (Å²) in [5.41, 5.74) is 1.22. The molecule has 0 spiro atoms. The Labute approximate surface area is 75.2 Å². The van der Waals surface area contributed by atoms with Crippen LogP contribution in [0.15, 0.2) is 23.8 Å². The minimum absolute atomic E-state index is 0.486. The molecule has 70 valence electrons. The SMILES string of the molecule is CC/C=C(\C=C/C(C)F)C(C)C. The molecule has 0 rings (SSSR count). The molecule has 0 radical (unpaired) electrons. The van der Waals surface area contributed by atoms with Gasteiger partial charge in [0.1, 0.15) is 6.17 Å². The van der Waals surface area contributed by atoms with Crippen LogP contribution in [0, 0.1) is 5.92 Å². The van der Waals surface area contributed by atoms with Crippen molar-refractivity contribution >= 4 is 0 Å². The Kier molecular flexibility index (Phi) is 5.69. The van der Waals surface area contributed by atoms with Gasteiger partial charge in [-0.05, 0) is 24.8 Å². The van der Waals surface area contributed by atoms with Crippen molar-refractivity contribution in [2.75, 3.05) is 0 Å². The van der Waals surface area contributed by atoms with Gasteiger partial charge in [-0.15, -0.1) is 0 Å². The van der Waals surface area contributed by atoms with Crippen molar-refractivity contribution in [2.45, 2.75) is 40.3 Å². The van der Waals surface area contributed by atoms with Gasteiger partial charge in [0.2, 0.25) is 0 Å². The molecular formula is C11H19F. The zero-order valence-corrected chi connectivity index (χ0v) is 8.47. The summed E-state index contributed by atoms with van der Waals surface area (Å²) >= 11 is 0. The number of alkyl halides is 1. The van der Waals surface area contributed by atoms with Crippen LogP contribution in [-0.4, -0.2) is 6.17 Å². The topological polar surface area (TPSA) is 0 Å². The molecule has 0 saturated carbocycles. The number of hydrogen-bond acceptors (Lipinski definition) is 0. The van der Waals surface area contributed by atoms with E-state index in [9.17, 15) is 4.39 Å². The van der Waals surface area contributed by atoms with Crippen molar-refractivity contribution in [3.05, 3.63) is 23.8 Å². The van der Waals surface area contributed by atoms with E-state index in [1.165, 1.54) is 5.57 Å². The summed E-state index contributed by atoms with van der Waals surface area (Å²) in [5.74, 6) is 0.486. The third-order valence-electron chi connectivity index (χ3n) is 1.66.